The normalized spacial score (nSPS) is 14.8. The highest BCUT2D eigenvalue weighted by Gasteiger charge is 2.35. The third-order valence-electron chi connectivity index (χ3n) is 6.47. The summed E-state index contributed by atoms with van der Waals surface area (Å²) in [5, 5.41) is 14.6. The number of ether oxygens (including phenoxy) is 1. The van der Waals surface area contributed by atoms with Crippen LogP contribution in [0.2, 0.25) is 0 Å². The van der Waals surface area contributed by atoms with Crippen LogP contribution >= 0.6 is 0 Å². The monoisotopic (exact) mass is 508 g/mol. The Morgan fingerprint density at radius 1 is 0.974 bits per heavy atom. The van der Waals surface area contributed by atoms with Gasteiger partial charge in [0.2, 0.25) is 0 Å². The standard InChI is InChI=1S/C31H32N4O3/c1-4-6-10-17-34-30(36)27(22(3)28(20-32)31(34)37)19-24-21-35(25-11-8-7-9-12-25)33-29(24)23-13-15-26(16-14-23)38-18-5-2/h7-9,11-16,19,21H,4-6,10,17-18H2,1-3H3/b27-19+. The second kappa shape index (κ2) is 12.2. The summed E-state index contributed by atoms with van der Waals surface area (Å²) >= 11 is 0. The van der Waals surface area contributed by atoms with Crippen LogP contribution in [0.4, 0.5) is 0 Å². The molecule has 0 unspecified atom stereocenters. The number of imide groups is 1. The summed E-state index contributed by atoms with van der Waals surface area (Å²) in [6.45, 7) is 6.71. The molecular weight excluding hydrogens is 476 g/mol. The number of unbranched alkanes of at least 4 members (excludes halogenated alkanes) is 2. The zero-order valence-corrected chi connectivity index (χ0v) is 22.1. The average Bonchev–Trinajstić information content (AvgIpc) is 3.37. The van der Waals surface area contributed by atoms with Crippen LogP contribution in [0, 0.1) is 11.3 Å². The van der Waals surface area contributed by atoms with Gasteiger partial charge < -0.3 is 4.74 Å². The number of aromatic nitrogens is 2. The molecule has 1 aromatic heterocycles. The number of carbonyl (C=O) groups excluding carboxylic acids is 2. The Kier molecular flexibility index (Phi) is 8.55. The molecular formula is C31H32N4O3. The van der Waals surface area contributed by atoms with Gasteiger partial charge in [-0.05, 0) is 67.8 Å². The molecule has 1 aliphatic rings. The van der Waals surface area contributed by atoms with Gasteiger partial charge in [-0.1, -0.05) is 44.9 Å². The van der Waals surface area contributed by atoms with Crippen LogP contribution < -0.4 is 4.74 Å². The molecule has 1 aliphatic heterocycles. The van der Waals surface area contributed by atoms with Crippen molar-refractivity contribution < 1.29 is 14.3 Å². The van der Waals surface area contributed by atoms with Gasteiger partial charge in [-0.2, -0.15) is 10.4 Å². The van der Waals surface area contributed by atoms with E-state index >= 15 is 0 Å². The first-order chi connectivity index (χ1) is 18.5. The van der Waals surface area contributed by atoms with Crippen molar-refractivity contribution in [2.75, 3.05) is 13.2 Å². The highest BCUT2D eigenvalue weighted by molar-refractivity contribution is 6.19. The quantitative estimate of drug-likeness (QED) is 0.187. The SMILES string of the molecule is CCCCCN1C(=O)C(C#N)=C(C)/C(=C\c2cn(-c3ccccc3)nc2-c2ccc(OCCC)cc2)C1=O. The number of nitriles is 1. The Hall–Kier alpha value is -4.44. The van der Waals surface area contributed by atoms with Crippen molar-refractivity contribution >= 4 is 17.9 Å². The predicted molar refractivity (Wildman–Crippen MR) is 147 cm³/mol. The Labute approximate surface area is 223 Å². The van der Waals surface area contributed by atoms with Gasteiger partial charge in [0.1, 0.15) is 17.4 Å². The van der Waals surface area contributed by atoms with Gasteiger partial charge in [0.25, 0.3) is 11.8 Å². The number of hydrogen-bond donors (Lipinski definition) is 0. The molecule has 7 heteroatoms. The molecule has 0 saturated heterocycles. The predicted octanol–water partition coefficient (Wildman–Crippen LogP) is 6.11. The molecule has 4 rings (SSSR count). The Balaban J connectivity index is 1.82. The fraction of sp³-hybridized carbons (Fsp3) is 0.290. The van der Waals surface area contributed by atoms with E-state index < -0.39 is 5.91 Å². The highest BCUT2D eigenvalue weighted by atomic mass is 16.5. The van der Waals surface area contributed by atoms with E-state index in [1.165, 1.54) is 4.90 Å². The van der Waals surface area contributed by atoms with Crippen molar-refractivity contribution in [3.63, 3.8) is 0 Å². The molecule has 0 aliphatic carbocycles. The summed E-state index contributed by atoms with van der Waals surface area (Å²) in [4.78, 5) is 27.7. The van der Waals surface area contributed by atoms with E-state index in [0.717, 1.165) is 36.3 Å². The van der Waals surface area contributed by atoms with Crippen LogP contribution in [0.5, 0.6) is 5.75 Å². The van der Waals surface area contributed by atoms with Crippen LogP contribution in [-0.4, -0.2) is 39.6 Å². The zero-order chi connectivity index (χ0) is 27.1. The summed E-state index contributed by atoms with van der Waals surface area (Å²) in [7, 11) is 0. The molecule has 38 heavy (non-hydrogen) atoms. The van der Waals surface area contributed by atoms with Gasteiger partial charge >= 0.3 is 0 Å². The maximum Gasteiger partial charge on any atom is 0.271 e. The van der Waals surface area contributed by atoms with Gasteiger partial charge in [-0.3, -0.25) is 14.5 Å². The fourth-order valence-electron chi connectivity index (χ4n) is 4.37. The molecule has 2 aromatic carbocycles. The molecule has 0 bridgehead atoms. The fourth-order valence-corrected chi connectivity index (χ4v) is 4.37. The maximum absolute atomic E-state index is 13.5. The van der Waals surface area contributed by atoms with Gasteiger partial charge in [-0.25, -0.2) is 4.68 Å². The number of nitrogens with zero attached hydrogens (tertiary/aromatic N) is 4. The minimum atomic E-state index is -0.522. The lowest BCUT2D eigenvalue weighted by molar-refractivity contribution is -0.140. The van der Waals surface area contributed by atoms with Gasteiger partial charge in [0.15, 0.2) is 0 Å². The Bertz CT molecular complexity index is 1410. The lowest BCUT2D eigenvalue weighted by Crippen LogP contribution is -2.43. The smallest absolute Gasteiger partial charge is 0.271 e. The summed E-state index contributed by atoms with van der Waals surface area (Å²) in [6, 6.07) is 19.4. The number of carbonyl (C=O) groups is 2. The van der Waals surface area contributed by atoms with E-state index in [2.05, 4.69) is 13.8 Å². The lowest BCUT2D eigenvalue weighted by Gasteiger charge is -2.27. The first kappa shape index (κ1) is 26.6. The van der Waals surface area contributed by atoms with Crippen LogP contribution in [-0.2, 0) is 9.59 Å². The molecule has 2 amide bonds. The van der Waals surface area contributed by atoms with E-state index in [9.17, 15) is 14.9 Å². The highest BCUT2D eigenvalue weighted by Crippen LogP contribution is 2.32. The molecule has 3 aromatic rings. The third-order valence-corrected chi connectivity index (χ3v) is 6.47. The largest absolute Gasteiger partial charge is 0.494 e. The molecule has 0 N–H and O–H groups in total. The van der Waals surface area contributed by atoms with Gasteiger partial charge in [0, 0.05) is 29.4 Å². The number of para-hydroxylation sites is 1. The molecule has 0 spiro atoms. The minimum absolute atomic E-state index is 0.00164. The third kappa shape index (κ3) is 5.60. The van der Waals surface area contributed by atoms with Crippen molar-refractivity contribution in [1.82, 2.24) is 14.7 Å². The van der Waals surface area contributed by atoms with Crippen LogP contribution in [0.15, 0.2) is 77.5 Å². The van der Waals surface area contributed by atoms with Crippen LogP contribution in [0.3, 0.4) is 0 Å². The van der Waals surface area contributed by atoms with E-state index in [4.69, 9.17) is 9.84 Å². The molecule has 0 radical (unpaired) electrons. The van der Waals surface area contributed by atoms with Crippen molar-refractivity contribution in [2.45, 2.75) is 46.5 Å². The number of rotatable bonds is 10. The van der Waals surface area contributed by atoms with E-state index in [0.29, 0.717) is 35.4 Å². The molecule has 0 atom stereocenters. The molecule has 2 heterocycles. The lowest BCUT2D eigenvalue weighted by atomic mass is 9.93. The second-order valence-electron chi connectivity index (χ2n) is 9.22. The van der Waals surface area contributed by atoms with E-state index in [1.54, 1.807) is 17.7 Å². The first-order valence-electron chi connectivity index (χ1n) is 13.1. The van der Waals surface area contributed by atoms with Crippen LogP contribution in [0.1, 0.15) is 52.0 Å². The summed E-state index contributed by atoms with van der Waals surface area (Å²) < 4.78 is 7.50. The number of benzene rings is 2. The summed E-state index contributed by atoms with van der Waals surface area (Å²) in [5.41, 5.74) is 3.83. The Morgan fingerprint density at radius 3 is 2.37 bits per heavy atom. The minimum Gasteiger partial charge on any atom is -0.494 e. The van der Waals surface area contributed by atoms with Crippen LogP contribution in [0.25, 0.3) is 23.0 Å². The maximum atomic E-state index is 13.5. The summed E-state index contributed by atoms with van der Waals surface area (Å²) in [6.07, 6.45) is 7.09. The van der Waals surface area contributed by atoms with E-state index in [-0.39, 0.29) is 18.0 Å². The molecule has 194 valence electrons. The molecule has 0 fully saturated rings. The van der Waals surface area contributed by atoms with Gasteiger partial charge in [0.05, 0.1) is 18.0 Å². The van der Waals surface area contributed by atoms with Crippen molar-refractivity contribution in [3.8, 4) is 28.8 Å². The topological polar surface area (TPSA) is 88.2 Å². The van der Waals surface area contributed by atoms with E-state index in [1.807, 2.05) is 66.9 Å². The number of amides is 2. The Morgan fingerprint density at radius 2 is 1.71 bits per heavy atom. The average molecular weight is 509 g/mol. The number of hydrogen-bond acceptors (Lipinski definition) is 5. The molecule has 7 nitrogen and oxygen atoms in total. The molecule has 0 saturated carbocycles. The van der Waals surface area contributed by atoms with Crippen molar-refractivity contribution in [3.05, 3.63) is 83.1 Å². The summed E-state index contributed by atoms with van der Waals surface area (Å²) in [5.74, 6) is -0.130. The van der Waals surface area contributed by atoms with Crippen molar-refractivity contribution in [2.24, 2.45) is 0 Å². The second-order valence-corrected chi connectivity index (χ2v) is 9.22. The first-order valence-corrected chi connectivity index (χ1v) is 13.1. The van der Waals surface area contributed by atoms with Gasteiger partial charge in [-0.15, -0.1) is 0 Å². The van der Waals surface area contributed by atoms with Crippen molar-refractivity contribution in [1.29, 1.82) is 5.26 Å². The zero-order valence-electron chi connectivity index (χ0n) is 22.1.